The first-order chi connectivity index (χ1) is 11.8. The van der Waals surface area contributed by atoms with Crippen LogP contribution in [-0.2, 0) is 14.6 Å². The summed E-state index contributed by atoms with van der Waals surface area (Å²) in [7, 11) is -3.44. The number of ether oxygens (including phenoxy) is 1. The summed E-state index contributed by atoms with van der Waals surface area (Å²) in [6, 6.07) is 8.73. The third-order valence-electron chi connectivity index (χ3n) is 3.91. The van der Waals surface area contributed by atoms with Crippen LogP contribution in [0.1, 0.15) is 18.5 Å². The van der Waals surface area contributed by atoms with Crippen LogP contribution >= 0.6 is 0 Å². The fourth-order valence-electron chi connectivity index (χ4n) is 2.67. The lowest BCUT2D eigenvalue weighted by Crippen LogP contribution is -2.39. The predicted octanol–water partition coefficient (Wildman–Crippen LogP) is 2.38. The van der Waals surface area contributed by atoms with Crippen molar-refractivity contribution < 1.29 is 26.7 Å². The minimum atomic E-state index is -3.44. The Labute approximate surface area is 143 Å². The van der Waals surface area contributed by atoms with Crippen LogP contribution < -0.4 is 10.1 Å². The van der Waals surface area contributed by atoms with E-state index < -0.39 is 39.5 Å². The number of carbonyl (C=O) groups excluding carboxylic acids is 1. The summed E-state index contributed by atoms with van der Waals surface area (Å²) < 4.78 is 55.6. The molecule has 2 unspecified atom stereocenters. The maximum absolute atomic E-state index is 13.2. The fraction of sp³-hybridized carbons (Fsp3) is 0.235. The topological polar surface area (TPSA) is 72.5 Å². The Morgan fingerprint density at radius 2 is 1.92 bits per heavy atom. The molecule has 1 aliphatic rings. The summed E-state index contributed by atoms with van der Waals surface area (Å²) in [5.74, 6) is -2.88. The van der Waals surface area contributed by atoms with E-state index in [4.69, 9.17) is 4.74 Å². The number of fused-ring (bicyclic) bond motifs is 1. The molecule has 5 nitrogen and oxygen atoms in total. The van der Waals surface area contributed by atoms with Gasteiger partial charge in [-0.2, -0.15) is 0 Å². The van der Waals surface area contributed by atoms with Crippen LogP contribution in [0.25, 0.3) is 0 Å². The zero-order valence-corrected chi connectivity index (χ0v) is 14.0. The monoisotopic (exact) mass is 367 g/mol. The molecular formula is C17H15F2NO4S. The zero-order chi connectivity index (χ0) is 18.2. The molecule has 0 spiro atoms. The number of nitrogens with one attached hydrogen (secondary N) is 1. The predicted molar refractivity (Wildman–Crippen MR) is 85.8 cm³/mol. The van der Waals surface area contributed by atoms with Gasteiger partial charge >= 0.3 is 0 Å². The molecular weight excluding hydrogens is 352 g/mol. The molecule has 1 aliphatic heterocycles. The van der Waals surface area contributed by atoms with Crippen molar-refractivity contribution in [1.29, 1.82) is 0 Å². The highest BCUT2D eigenvalue weighted by atomic mass is 32.2. The van der Waals surface area contributed by atoms with Gasteiger partial charge in [0, 0.05) is 6.07 Å². The number of halogens is 2. The van der Waals surface area contributed by atoms with Crippen molar-refractivity contribution in [3.05, 3.63) is 59.7 Å². The van der Waals surface area contributed by atoms with Crippen LogP contribution in [0.5, 0.6) is 5.75 Å². The third kappa shape index (κ3) is 3.48. The Balaban J connectivity index is 1.71. The average molecular weight is 367 g/mol. The summed E-state index contributed by atoms with van der Waals surface area (Å²) in [5, 5.41) is 2.63. The van der Waals surface area contributed by atoms with Crippen molar-refractivity contribution in [2.24, 2.45) is 0 Å². The molecule has 1 heterocycles. The molecule has 0 radical (unpaired) electrons. The quantitative estimate of drug-likeness (QED) is 0.901. The van der Waals surface area contributed by atoms with Gasteiger partial charge in [0.2, 0.25) is 0 Å². The minimum Gasteiger partial charge on any atom is -0.481 e. The molecule has 0 saturated carbocycles. The van der Waals surface area contributed by atoms with Crippen LogP contribution in [0.2, 0.25) is 0 Å². The van der Waals surface area contributed by atoms with E-state index in [-0.39, 0.29) is 16.4 Å². The van der Waals surface area contributed by atoms with Crippen molar-refractivity contribution in [2.75, 3.05) is 5.75 Å². The third-order valence-corrected chi connectivity index (χ3v) is 5.72. The van der Waals surface area contributed by atoms with Gasteiger partial charge in [-0.15, -0.1) is 0 Å². The molecule has 1 amide bonds. The van der Waals surface area contributed by atoms with Crippen LogP contribution in [0, 0.1) is 11.6 Å². The van der Waals surface area contributed by atoms with Gasteiger partial charge in [-0.3, -0.25) is 4.79 Å². The van der Waals surface area contributed by atoms with Crippen LogP contribution in [0.15, 0.2) is 47.4 Å². The van der Waals surface area contributed by atoms with Gasteiger partial charge in [-0.1, -0.05) is 18.2 Å². The van der Waals surface area contributed by atoms with Crippen molar-refractivity contribution >= 4 is 15.7 Å². The summed E-state index contributed by atoms with van der Waals surface area (Å²) >= 11 is 0. The first-order valence-electron chi connectivity index (χ1n) is 7.52. The first kappa shape index (κ1) is 17.3. The summed E-state index contributed by atoms with van der Waals surface area (Å²) in [6.07, 6.45) is -1.01. The number of hydrogen-bond donors (Lipinski definition) is 1. The Bertz CT molecular complexity index is 930. The molecule has 0 bridgehead atoms. The van der Waals surface area contributed by atoms with Gasteiger partial charge in [-0.25, -0.2) is 17.2 Å². The Morgan fingerprint density at radius 1 is 1.20 bits per heavy atom. The molecule has 2 aromatic rings. The second kappa shape index (κ2) is 6.44. The van der Waals surface area contributed by atoms with Crippen molar-refractivity contribution in [1.82, 2.24) is 5.32 Å². The molecule has 0 aromatic heterocycles. The van der Waals surface area contributed by atoms with Crippen LogP contribution in [-0.4, -0.2) is 26.2 Å². The maximum Gasteiger partial charge on any atom is 0.261 e. The summed E-state index contributed by atoms with van der Waals surface area (Å²) in [5.41, 5.74) is 0.524. The Morgan fingerprint density at radius 3 is 2.64 bits per heavy atom. The number of sulfone groups is 1. The van der Waals surface area contributed by atoms with E-state index in [2.05, 4.69) is 5.32 Å². The number of carbonyl (C=O) groups is 1. The van der Waals surface area contributed by atoms with E-state index in [9.17, 15) is 22.0 Å². The van der Waals surface area contributed by atoms with E-state index in [0.29, 0.717) is 5.56 Å². The molecule has 2 aromatic carbocycles. The van der Waals surface area contributed by atoms with Crippen molar-refractivity contribution in [3.8, 4) is 5.75 Å². The molecule has 0 saturated heterocycles. The van der Waals surface area contributed by atoms with Gasteiger partial charge in [-0.05, 0) is 30.7 Å². The molecule has 1 N–H and O–H groups in total. The zero-order valence-electron chi connectivity index (χ0n) is 13.2. The number of hydrogen-bond acceptors (Lipinski definition) is 4. The minimum absolute atomic E-state index is 0.000920. The van der Waals surface area contributed by atoms with E-state index in [1.165, 1.54) is 19.1 Å². The standard InChI is InChI=1S/C17H15F2NO4S/c1-10(24-11-6-7-13(18)14(19)8-11)17(21)20-15-9-25(22,23)16-5-3-2-4-12(15)16/h2-8,10,15H,9H2,1H3,(H,20,21). The van der Waals surface area contributed by atoms with Gasteiger partial charge in [0.05, 0.1) is 16.7 Å². The molecule has 3 rings (SSSR count). The average Bonchev–Trinajstić information content (AvgIpc) is 2.82. The molecule has 132 valence electrons. The number of rotatable bonds is 4. The highest BCUT2D eigenvalue weighted by Gasteiger charge is 2.36. The molecule has 0 aliphatic carbocycles. The van der Waals surface area contributed by atoms with Gasteiger partial charge in [0.25, 0.3) is 5.91 Å². The lowest BCUT2D eigenvalue weighted by atomic mass is 10.1. The molecule has 8 heteroatoms. The highest BCUT2D eigenvalue weighted by molar-refractivity contribution is 7.91. The summed E-state index contributed by atoms with van der Waals surface area (Å²) in [6.45, 7) is 1.44. The van der Waals surface area contributed by atoms with Crippen LogP contribution in [0.3, 0.4) is 0 Å². The number of amides is 1. The van der Waals surface area contributed by atoms with E-state index in [0.717, 1.165) is 12.1 Å². The second-order valence-corrected chi connectivity index (χ2v) is 7.72. The molecule has 0 fully saturated rings. The lowest BCUT2D eigenvalue weighted by Gasteiger charge is -2.18. The van der Waals surface area contributed by atoms with E-state index in [1.807, 2.05) is 0 Å². The van der Waals surface area contributed by atoms with Gasteiger partial charge < -0.3 is 10.1 Å². The van der Waals surface area contributed by atoms with E-state index in [1.54, 1.807) is 18.2 Å². The van der Waals surface area contributed by atoms with Crippen molar-refractivity contribution in [3.63, 3.8) is 0 Å². The maximum atomic E-state index is 13.2. The van der Waals surface area contributed by atoms with Gasteiger partial charge in [0.1, 0.15) is 5.75 Å². The first-order valence-corrected chi connectivity index (χ1v) is 9.17. The Hall–Kier alpha value is -2.48. The van der Waals surface area contributed by atoms with Crippen molar-refractivity contribution in [2.45, 2.75) is 24.0 Å². The SMILES string of the molecule is CC(Oc1ccc(F)c(F)c1)C(=O)NC1CS(=O)(=O)c2ccccc21. The smallest absolute Gasteiger partial charge is 0.261 e. The van der Waals surface area contributed by atoms with E-state index >= 15 is 0 Å². The molecule has 2 atom stereocenters. The lowest BCUT2D eigenvalue weighted by molar-refractivity contribution is -0.127. The van der Waals surface area contributed by atoms with Crippen LogP contribution in [0.4, 0.5) is 8.78 Å². The second-order valence-electron chi connectivity index (χ2n) is 5.72. The largest absolute Gasteiger partial charge is 0.481 e. The molecule has 25 heavy (non-hydrogen) atoms. The summed E-state index contributed by atoms with van der Waals surface area (Å²) in [4.78, 5) is 12.5. The normalized spacial score (nSPS) is 19.1. The Kier molecular flexibility index (Phi) is 4.47. The fourth-order valence-corrected chi connectivity index (χ4v) is 4.40. The highest BCUT2D eigenvalue weighted by Crippen LogP contribution is 2.33. The number of benzene rings is 2. The van der Waals surface area contributed by atoms with Gasteiger partial charge in [0.15, 0.2) is 27.6 Å².